The number of alkyl halides is 1. The average Bonchev–Trinajstić information content (AvgIpc) is 2.30. The third kappa shape index (κ3) is 4.75. The maximum atomic E-state index is 15.0. The van der Waals surface area contributed by atoms with E-state index in [1.165, 1.54) is 11.1 Å². The highest BCUT2D eigenvalue weighted by Crippen LogP contribution is 2.42. The molecule has 0 saturated carbocycles. The van der Waals surface area contributed by atoms with Gasteiger partial charge in [0, 0.05) is 5.92 Å². The summed E-state index contributed by atoms with van der Waals surface area (Å²) in [7, 11) is 0. The lowest BCUT2D eigenvalue weighted by atomic mass is 9.71. The van der Waals surface area contributed by atoms with Gasteiger partial charge in [-0.05, 0) is 29.2 Å². The number of hydrogen-bond donors (Lipinski definition) is 0. The van der Waals surface area contributed by atoms with Crippen LogP contribution in [0.15, 0.2) is 23.3 Å². The van der Waals surface area contributed by atoms with E-state index in [-0.39, 0.29) is 16.7 Å². The van der Waals surface area contributed by atoms with Crippen molar-refractivity contribution in [2.75, 3.05) is 0 Å². The van der Waals surface area contributed by atoms with Gasteiger partial charge in [-0.15, -0.1) is 0 Å². The molecule has 0 heterocycles. The Morgan fingerprint density at radius 1 is 0.950 bits per heavy atom. The molecule has 0 bridgehead atoms. The van der Waals surface area contributed by atoms with Crippen LogP contribution in [0.4, 0.5) is 4.39 Å². The van der Waals surface area contributed by atoms with Crippen molar-refractivity contribution < 1.29 is 4.39 Å². The summed E-state index contributed by atoms with van der Waals surface area (Å²) in [5.74, 6) is -0.100. The van der Waals surface area contributed by atoms with Crippen molar-refractivity contribution in [1.82, 2.24) is 0 Å². The molecule has 0 spiro atoms. The third-order valence-electron chi connectivity index (χ3n) is 4.23. The standard InChI is InChI=1S/C19H35F/c1-11-15(12-2)16(19(8,9)10)13(3)17(20)14(4)18(5,6)7/h13,17H,4,11-12H2,1-3,5-10H3. The van der Waals surface area contributed by atoms with Crippen LogP contribution in [0, 0.1) is 16.7 Å². The van der Waals surface area contributed by atoms with Crippen molar-refractivity contribution in [3.05, 3.63) is 23.3 Å². The first-order valence-electron chi connectivity index (χ1n) is 7.93. The van der Waals surface area contributed by atoms with Gasteiger partial charge in [0.1, 0.15) is 6.17 Å². The maximum Gasteiger partial charge on any atom is 0.128 e. The fourth-order valence-corrected chi connectivity index (χ4v) is 3.03. The van der Waals surface area contributed by atoms with E-state index < -0.39 is 6.17 Å². The summed E-state index contributed by atoms with van der Waals surface area (Å²) in [6, 6.07) is 0. The number of halogens is 1. The second-order valence-electron chi connectivity index (χ2n) is 7.94. The zero-order valence-electron chi connectivity index (χ0n) is 15.2. The molecule has 0 N–H and O–H groups in total. The molecular weight excluding hydrogens is 247 g/mol. The Labute approximate surface area is 126 Å². The van der Waals surface area contributed by atoms with Crippen molar-refractivity contribution in [2.45, 2.75) is 81.3 Å². The topological polar surface area (TPSA) is 0 Å². The molecule has 0 aromatic heterocycles. The first kappa shape index (κ1) is 19.4. The molecule has 0 radical (unpaired) electrons. The van der Waals surface area contributed by atoms with Gasteiger partial charge in [0.25, 0.3) is 0 Å². The SMILES string of the molecule is C=C(C(F)C(C)C(=C(CC)CC)C(C)(C)C)C(C)(C)C. The summed E-state index contributed by atoms with van der Waals surface area (Å²) >= 11 is 0. The predicted molar refractivity (Wildman–Crippen MR) is 89.7 cm³/mol. The van der Waals surface area contributed by atoms with Gasteiger partial charge in [-0.2, -0.15) is 0 Å². The molecule has 0 aromatic carbocycles. The van der Waals surface area contributed by atoms with Gasteiger partial charge in [-0.1, -0.05) is 80.0 Å². The Morgan fingerprint density at radius 3 is 1.60 bits per heavy atom. The predicted octanol–water partition coefficient (Wildman–Crippen LogP) is 6.73. The molecule has 0 fully saturated rings. The summed E-state index contributed by atoms with van der Waals surface area (Å²) in [5, 5.41) is 0. The van der Waals surface area contributed by atoms with Gasteiger partial charge in [-0.25, -0.2) is 4.39 Å². The van der Waals surface area contributed by atoms with Crippen LogP contribution < -0.4 is 0 Å². The minimum Gasteiger partial charge on any atom is -0.242 e. The van der Waals surface area contributed by atoms with Gasteiger partial charge in [0.15, 0.2) is 0 Å². The number of rotatable bonds is 5. The average molecular weight is 282 g/mol. The molecule has 1 heteroatoms. The Hall–Kier alpha value is -0.590. The summed E-state index contributed by atoms with van der Waals surface area (Å²) in [5.41, 5.74) is 3.20. The molecule has 0 saturated heterocycles. The minimum absolute atomic E-state index is 0.00325. The van der Waals surface area contributed by atoms with Gasteiger partial charge < -0.3 is 0 Å². The molecule has 20 heavy (non-hydrogen) atoms. The highest BCUT2D eigenvalue weighted by atomic mass is 19.1. The second-order valence-corrected chi connectivity index (χ2v) is 7.94. The lowest BCUT2D eigenvalue weighted by Gasteiger charge is -2.36. The Balaban J connectivity index is 5.65. The van der Waals surface area contributed by atoms with E-state index in [1.807, 2.05) is 27.7 Å². The highest BCUT2D eigenvalue weighted by Gasteiger charge is 2.34. The van der Waals surface area contributed by atoms with Crippen molar-refractivity contribution in [3.8, 4) is 0 Å². The largest absolute Gasteiger partial charge is 0.242 e. The van der Waals surface area contributed by atoms with Gasteiger partial charge in [0.2, 0.25) is 0 Å². The van der Waals surface area contributed by atoms with E-state index in [4.69, 9.17) is 0 Å². The first-order valence-corrected chi connectivity index (χ1v) is 7.93. The third-order valence-corrected chi connectivity index (χ3v) is 4.23. The van der Waals surface area contributed by atoms with Crippen LogP contribution in [0.1, 0.15) is 75.2 Å². The zero-order chi connectivity index (χ0) is 16.3. The molecule has 0 aromatic rings. The van der Waals surface area contributed by atoms with Crippen LogP contribution in [0.25, 0.3) is 0 Å². The summed E-state index contributed by atoms with van der Waals surface area (Å²) in [6.45, 7) is 23.1. The molecule has 0 aliphatic carbocycles. The fraction of sp³-hybridized carbons (Fsp3) is 0.789. The Bertz CT molecular complexity index is 354. The van der Waals surface area contributed by atoms with Crippen molar-refractivity contribution in [3.63, 3.8) is 0 Å². The van der Waals surface area contributed by atoms with Crippen molar-refractivity contribution in [1.29, 1.82) is 0 Å². The van der Waals surface area contributed by atoms with Crippen molar-refractivity contribution in [2.24, 2.45) is 16.7 Å². The molecule has 0 rings (SSSR count). The van der Waals surface area contributed by atoms with Crippen molar-refractivity contribution >= 4 is 0 Å². The van der Waals surface area contributed by atoms with E-state index in [1.54, 1.807) is 0 Å². The van der Waals surface area contributed by atoms with Crippen LogP contribution in [0.5, 0.6) is 0 Å². The molecular formula is C19H35F. The van der Waals surface area contributed by atoms with Crippen LogP contribution in [-0.4, -0.2) is 6.17 Å². The van der Waals surface area contributed by atoms with Gasteiger partial charge in [0.05, 0.1) is 0 Å². The molecule has 2 atom stereocenters. The first-order chi connectivity index (χ1) is 8.87. The van der Waals surface area contributed by atoms with Crippen LogP contribution in [-0.2, 0) is 0 Å². The molecule has 0 amide bonds. The van der Waals surface area contributed by atoms with E-state index >= 15 is 0 Å². The zero-order valence-corrected chi connectivity index (χ0v) is 15.2. The van der Waals surface area contributed by atoms with E-state index in [0.717, 1.165) is 12.8 Å². The highest BCUT2D eigenvalue weighted by molar-refractivity contribution is 5.27. The monoisotopic (exact) mass is 282 g/mol. The van der Waals surface area contributed by atoms with E-state index in [2.05, 4.69) is 41.2 Å². The number of hydrogen-bond acceptors (Lipinski definition) is 0. The minimum atomic E-state index is -0.975. The molecule has 0 nitrogen and oxygen atoms in total. The number of allylic oxidation sites excluding steroid dienone is 3. The molecule has 0 aliphatic rings. The maximum absolute atomic E-state index is 15.0. The Kier molecular flexibility index (Phi) is 6.71. The van der Waals surface area contributed by atoms with Gasteiger partial charge >= 0.3 is 0 Å². The van der Waals surface area contributed by atoms with Crippen LogP contribution >= 0.6 is 0 Å². The lowest BCUT2D eigenvalue weighted by Crippen LogP contribution is -2.30. The Morgan fingerprint density at radius 2 is 1.35 bits per heavy atom. The summed E-state index contributed by atoms with van der Waals surface area (Å²) in [4.78, 5) is 0. The smallest absolute Gasteiger partial charge is 0.128 e. The van der Waals surface area contributed by atoms with E-state index in [9.17, 15) is 4.39 Å². The van der Waals surface area contributed by atoms with Gasteiger partial charge in [-0.3, -0.25) is 0 Å². The second kappa shape index (κ2) is 6.91. The molecule has 0 aliphatic heterocycles. The summed E-state index contributed by atoms with van der Waals surface area (Å²) in [6.07, 6.45) is 1.03. The quantitative estimate of drug-likeness (QED) is 0.491. The summed E-state index contributed by atoms with van der Waals surface area (Å²) < 4.78 is 15.0. The molecule has 118 valence electrons. The normalized spacial score (nSPS) is 15.7. The molecule has 2 unspecified atom stereocenters. The van der Waals surface area contributed by atoms with Crippen LogP contribution in [0.3, 0.4) is 0 Å². The van der Waals surface area contributed by atoms with Crippen LogP contribution in [0.2, 0.25) is 0 Å². The fourth-order valence-electron chi connectivity index (χ4n) is 3.03. The van der Waals surface area contributed by atoms with E-state index in [0.29, 0.717) is 5.57 Å². The lowest BCUT2D eigenvalue weighted by molar-refractivity contribution is 0.244.